The maximum atomic E-state index is 5.67. The number of aromatic nitrogens is 2. The number of benzene rings is 2. The number of hydrogen-bond donors (Lipinski definition) is 2. The lowest BCUT2D eigenvalue weighted by Gasteiger charge is -2.22. The zero-order chi connectivity index (χ0) is 19.6. The Morgan fingerprint density at radius 1 is 0.857 bits per heavy atom. The molecule has 3 aromatic rings. The van der Waals surface area contributed by atoms with Gasteiger partial charge in [-0.05, 0) is 32.9 Å². The molecule has 0 saturated heterocycles. The van der Waals surface area contributed by atoms with Crippen molar-refractivity contribution in [1.82, 2.24) is 9.97 Å². The second kappa shape index (κ2) is 7.38. The van der Waals surface area contributed by atoms with E-state index in [0.717, 1.165) is 34.3 Å². The molecule has 2 aromatic carbocycles. The fraction of sp³-hybridized carbons (Fsp3) is 0.273. The summed E-state index contributed by atoms with van der Waals surface area (Å²) >= 11 is 0. The third-order valence-electron chi connectivity index (χ3n) is 4.10. The molecule has 0 saturated carbocycles. The predicted octanol–water partition coefficient (Wildman–Crippen LogP) is 4.87. The topological polar surface area (TPSA) is 68.3 Å². The van der Waals surface area contributed by atoms with Crippen LogP contribution in [0, 0.1) is 0 Å². The maximum absolute atomic E-state index is 5.67. The van der Waals surface area contributed by atoms with Crippen molar-refractivity contribution < 1.29 is 9.47 Å². The van der Waals surface area contributed by atoms with Crippen molar-refractivity contribution in [3.8, 4) is 22.8 Å². The zero-order valence-corrected chi connectivity index (χ0v) is 16.3. The van der Waals surface area contributed by atoms with E-state index in [0.29, 0.717) is 19.2 Å². The van der Waals surface area contributed by atoms with Crippen molar-refractivity contribution in [3.63, 3.8) is 0 Å². The smallest absolute Gasteiger partial charge is 0.229 e. The lowest BCUT2D eigenvalue weighted by Crippen LogP contribution is -2.26. The van der Waals surface area contributed by atoms with Gasteiger partial charge in [0.2, 0.25) is 5.95 Å². The van der Waals surface area contributed by atoms with Gasteiger partial charge in [0.15, 0.2) is 11.5 Å². The average molecular weight is 376 g/mol. The molecule has 0 bridgehead atoms. The molecule has 28 heavy (non-hydrogen) atoms. The summed E-state index contributed by atoms with van der Waals surface area (Å²) in [5, 5.41) is 6.72. The molecule has 6 heteroatoms. The first kappa shape index (κ1) is 18.1. The zero-order valence-electron chi connectivity index (χ0n) is 16.3. The quantitative estimate of drug-likeness (QED) is 0.677. The number of fused-ring (bicyclic) bond motifs is 1. The Morgan fingerprint density at radius 3 is 2.36 bits per heavy atom. The Hall–Kier alpha value is -3.28. The van der Waals surface area contributed by atoms with Crippen LogP contribution in [0.3, 0.4) is 0 Å². The molecule has 144 valence electrons. The standard InChI is InChI=1S/C22H24N4O2/c1-22(2,3)26-20-14-17(15-7-5-4-6-8-15)24-21(25-20)23-16-9-10-18-19(13-16)28-12-11-27-18/h4-10,13-14H,11-12H2,1-3H3,(H2,23,24,25,26). The summed E-state index contributed by atoms with van der Waals surface area (Å²) in [4.78, 5) is 9.35. The number of nitrogens with zero attached hydrogens (tertiary/aromatic N) is 2. The highest BCUT2D eigenvalue weighted by Crippen LogP contribution is 2.33. The Labute approximate surface area is 164 Å². The second-order valence-corrected chi connectivity index (χ2v) is 7.69. The van der Waals surface area contributed by atoms with Gasteiger partial charge in [-0.25, -0.2) is 4.98 Å². The Balaban J connectivity index is 1.68. The Bertz CT molecular complexity index is 968. The molecule has 0 aliphatic carbocycles. The molecule has 0 atom stereocenters. The van der Waals surface area contributed by atoms with Gasteiger partial charge >= 0.3 is 0 Å². The number of anilines is 3. The lowest BCUT2D eigenvalue weighted by molar-refractivity contribution is 0.171. The predicted molar refractivity (Wildman–Crippen MR) is 112 cm³/mol. The largest absolute Gasteiger partial charge is 0.486 e. The van der Waals surface area contributed by atoms with Crippen molar-refractivity contribution in [2.75, 3.05) is 23.8 Å². The minimum absolute atomic E-state index is 0.115. The van der Waals surface area contributed by atoms with Crippen molar-refractivity contribution in [3.05, 3.63) is 54.6 Å². The fourth-order valence-electron chi connectivity index (χ4n) is 2.96. The summed E-state index contributed by atoms with van der Waals surface area (Å²) in [6.45, 7) is 7.43. The molecule has 0 unspecified atom stereocenters. The van der Waals surface area contributed by atoms with Crippen LogP contribution in [0.15, 0.2) is 54.6 Å². The summed E-state index contributed by atoms with van der Waals surface area (Å²) in [5.41, 5.74) is 2.61. The van der Waals surface area contributed by atoms with Gasteiger partial charge in [0.25, 0.3) is 0 Å². The van der Waals surface area contributed by atoms with Gasteiger partial charge in [-0.2, -0.15) is 4.98 Å². The number of ether oxygens (including phenoxy) is 2. The fourth-order valence-corrected chi connectivity index (χ4v) is 2.96. The Morgan fingerprint density at radius 2 is 1.61 bits per heavy atom. The highest BCUT2D eigenvalue weighted by Gasteiger charge is 2.15. The normalized spacial score (nSPS) is 13.1. The van der Waals surface area contributed by atoms with Crippen molar-refractivity contribution in [1.29, 1.82) is 0 Å². The highest BCUT2D eigenvalue weighted by molar-refractivity contribution is 5.67. The van der Waals surface area contributed by atoms with Crippen LogP contribution in [-0.4, -0.2) is 28.7 Å². The molecule has 0 spiro atoms. The van der Waals surface area contributed by atoms with E-state index in [1.54, 1.807) is 0 Å². The first-order valence-corrected chi connectivity index (χ1v) is 9.36. The van der Waals surface area contributed by atoms with E-state index in [-0.39, 0.29) is 5.54 Å². The van der Waals surface area contributed by atoms with Gasteiger partial charge < -0.3 is 20.1 Å². The third kappa shape index (κ3) is 4.34. The highest BCUT2D eigenvalue weighted by atomic mass is 16.6. The molecular formula is C22H24N4O2. The summed E-state index contributed by atoms with van der Waals surface area (Å²) in [5.74, 6) is 2.76. The first-order valence-electron chi connectivity index (χ1n) is 9.36. The van der Waals surface area contributed by atoms with Crippen LogP contribution in [0.4, 0.5) is 17.5 Å². The van der Waals surface area contributed by atoms with E-state index in [1.165, 1.54) is 0 Å². The Kier molecular flexibility index (Phi) is 4.77. The monoisotopic (exact) mass is 376 g/mol. The lowest BCUT2D eigenvalue weighted by atomic mass is 10.1. The molecule has 6 nitrogen and oxygen atoms in total. The molecule has 0 radical (unpaired) electrons. The SMILES string of the molecule is CC(C)(C)Nc1cc(-c2ccccc2)nc(Nc2ccc3c(c2)OCCO3)n1. The van der Waals surface area contributed by atoms with E-state index < -0.39 is 0 Å². The molecule has 1 aliphatic heterocycles. The van der Waals surface area contributed by atoms with E-state index in [2.05, 4.69) is 36.4 Å². The number of hydrogen-bond acceptors (Lipinski definition) is 6. The summed E-state index contributed by atoms with van der Waals surface area (Å²) < 4.78 is 11.3. The van der Waals surface area contributed by atoms with Gasteiger partial charge in [-0.1, -0.05) is 30.3 Å². The van der Waals surface area contributed by atoms with Crippen molar-refractivity contribution >= 4 is 17.5 Å². The molecule has 4 rings (SSSR count). The molecule has 0 fully saturated rings. The van der Waals surface area contributed by atoms with Crippen LogP contribution in [-0.2, 0) is 0 Å². The maximum Gasteiger partial charge on any atom is 0.229 e. The second-order valence-electron chi connectivity index (χ2n) is 7.69. The van der Waals surface area contributed by atoms with Gasteiger partial charge in [-0.3, -0.25) is 0 Å². The number of nitrogens with one attached hydrogen (secondary N) is 2. The summed E-state index contributed by atoms with van der Waals surface area (Å²) in [7, 11) is 0. The summed E-state index contributed by atoms with van der Waals surface area (Å²) in [6.07, 6.45) is 0. The van der Waals surface area contributed by atoms with Gasteiger partial charge in [-0.15, -0.1) is 0 Å². The van der Waals surface area contributed by atoms with E-state index in [9.17, 15) is 0 Å². The first-order chi connectivity index (χ1) is 13.5. The molecule has 1 aromatic heterocycles. The molecule has 1 aliphatic rings. The van der Waals surface area contributed by atoms with Crippen molar-refractivity contribution in [2.24, 2.45) is 0 Å². The van der Waals surface area contributed by atoms with Crippen molar-refractivity contribution in [2.45, 2.75) is 26.3 Å². The third-order valence-corrected chi connectivity index (χ3v) is 4.10. The minimum atomic E-state index is -0.115. The molecule has 2 N–H and O–H groups in total. The number of rotatable bonds is 4. The van der Waals surface area contributed by atoms with Crippen LogP contribution >= 0.6 is 0 Å². The molecular weight excluding hydrogens is 352 g/mol. The van der Waals surface area contributed by atoms with Gasteiger partial charge in [0, 0.05) is 28.9 Å². The van der Waals surface area contributed by atoms with Crippen LogP contribution < -0.4 is 20.1 Å². The van der Waals surface area contributed by atoms with Crippen LogP contribution in [0.5, 0.6) is 11.5 Å². The van der Waals surface area contributed by atoms with E-state index in [1.807, 2.05) is 54.6 Å². The van der Waals surface area contributed by atoms with Crippen LogP contribution in [0.2, 0.25) is 0 Å². The van der Waals surface area contributed by atoms with E-state index in [4.69, 9.17) is 14.5 Å². The molecule has 2 heterocycles. The van der Waals surface area contributed by atoms with Gasteiger partial charge in [0.05, 0.1) is 5.69 Å². The average Bonchev–Trinajstić information content (AvgIpc) is 2.67. The van der Waals surface area contributed by atoms with Crippen LogP contribution in [0.25, 0.3) is 11.3 Å². The van der Waals surface area contributed by atoms with E-state index >= 15 is 0 Å². The minimum Gasteiger partial charge on any atom is -0.486 e. The summed E-state index contributed by atoms with van der Waals surface area (Å²) in [6, 6.07) is 17.8. The molecule has 0 amide bonds. The van der Waals surface area contributed by atoms with Gasteiger partial charge in [0.1, 0.15) is 19.0 Å². The van der Waals surface area contributed by atoms with Crippen LogP contribution in [0.1, 0.15) is 20.8 Å².